The average molecular weight is 448 g/mol. The molecule has 3 aromatic rings. The molecule has 1 atom stereocenters. The number of pyridine rings is 1. The van der Waals surface area contributed by atoms with E-state index in [-0.39, 0.29) is 12.0 Å². The second-order valence-electron chi connectivity index (χ2n) is 8.25. The molecule has 8 nitrogen and oxygen atoms in total. The van der Waals surface area contributed by atoms with Crippen molar-refractivity contribution in [1.82, 2.24) is 19.9 Å². The van der Waals surface area contributed by atoms with Crippen LogP contribution in [-0.2, 0) is 16.0 Å². The van der Waals surface area contributed by atoms with E-state index in [2.05, 4.69) is 20.3 Å². The molecule has 172 valence electrons. The first-order valence-corrected chi connectivity index (χ1v) is 11.0. The molecule has 1 saturated heterocycles. The summed E-state index contributed by atoms with van der Waals surface area (Å²) in [6, 6.07) is 13.4. The molecule has 0 unspecified atom stereocenters. The number of rotatable bonds is 6. The van der Waals surface area contributed by atoms with E-state index in [0.29, 0.717) is 32.1 Å². The van der Waals surface area contributed by atoms with E-state index < -0.39 is 0 Å². The summed E-state index contributed by atoms with van der Waals surface area (Å²) < 4.78 is 11.3. The number of methoxy groups -OCH3 is 1. The molecular weight excluding hydrogens is 418 g/mol. The van der Waals surface area contributed by atoms with Crippen molar-refractivity contribution < 1.29 is 14.3 Å². The largest absolute Gasteiger partial charge is 0.497 e. The van der Waals surface area contributed by atoms with Crippen LogP contribution >= 0.6 is 0 Å². The summed E-state index contributed by atoms with van der Waals surface area (Å²) in [5.41, 5.74) is 5.19. The van der Waals surface area contributed by atoms with Crippen LogP contribution in [0.1, 0.15) is 34.4 Å². The minimum absolute atomic E-state index is 0.0613. The highest BCUT2D eigenvalue weighted by Gasteiger charge is 2.27. The predicted molar refractivity (Wildman–Crippen MR) is 126 cm³/mol. The van der Waals surface area contributed by atoms with Gasteiger partial charge in [-0.25, -0.2) is 9.97 Å². The van der Waals surface area contributed by atoms with Gasteiger partial charge in [-0.3, -0.25) is 9.78 Å². The first kappa shape index (κ1) is 22.7. The summed E-state index contributed by atoms with van der Waals surface area (Å²) >= 11 is 0. The highest BCUT2D eigenvalue weighted by Crippen LogP contribution is 2.26. The van der Waals surface area contributed by atoms with Gasteiger partial charge in [0.2, 0.25) is 11.9 Å². The Hall–Kier alpha value is -3.52. The quantitative estimate of drug-likeness (QED) is 0.616. The predicted octanol–water partition coefficient (Wildman–Crippen LogP) is 3.69. The molecule has 1 aliphatic heterocycles. The van der Waals surface area contributed by atoms with Crippen LogP contribution in [0.5, 0.6) is 5.75 Å². The number of carbonyl (C=O) groups excluding carboxylic acids is 1. The van der Waals surface area contributed by atoms with Crippen molar-refractivity contribution in [2.75, 3.05) is 32.1 Å². The number of hydrogen-bond donors (Lipinski definition) is 1. The lowest BCUT2D eigenvalue weighted by Crippen LogP contribution is -2.43. The van der Waals surface area contributed by atoms with Gasteiger partial charge in [-0.2, -0.15) is 0 Å². The molecule has 0 saturated carbocycles. The van der Waals surface area contributed by atoms with E-state index >= 15 is 0 Å². The molecule has 1 fully saturated rings. The molecule has 2 aromatic heterocycles. The van der Waals surface area contributed by atoms with E-state index in [1.165, 1.54) is 0 Å². The second-order valence-corrected chi connectivity index (χ2v) is 8.25. The standard InChI is InChI=1S/C25H29N5O3/c1-16-10-17(2)28-25(27-16)29-20-11-18(3)26-22(14-20)23-15-30(8-9-33-23)24(31)13-19-6-5-7-21(12-19)32-4/h5-7,10-12,14,23H,8-9,13,15H2,1-4H3,(H,26,27,28,29)/t23-/m0/s1. The molecule has 4 rings (SSSR count). The third-order valence-corrected chi connectivity index (χ3v) is 5.45. The molecule has 0 radical (unpaired) electrons. The number of morpholine rings is 1. The van der Waals surface area contributed by atoms with Crippen LogP contribution in [0.2, 0.25) is 0 Å². The molecule has 1 amide bonds. The maximum Gasteiger partial charge on any atom is 0.227 e. The molecule has 0 aliphatic carbocycles. The average Bonchev–Trinajstić information content (AvgIpc) is 2.78. The number of hydrogen-bond acceptors (Lipinski definition) is 7. The summed E-state index contributed by atoms with van der Waals surface area (Å²) in [5.74, 6) is 1.35. The van der Waals surface area contributed by atoms with Crippen molar-refractivity contribution in [2.24, 2.45) is 0 Å². The molecule has 1 aromatic carbocycles. The summed E-state index contributed by atoms with van der Waals surface area (Å²) in [6.45, 7) is 7.30. The van der Waals surface area contributed by atoms with E-state index in [0.717, 1.165) is 39.8 Å². The zero-order chi connectivity index (χ0) is 23.4. The lowest BCUT2D eigenvalue weighted by atomic mass is 10.1. The van der Waals surface area contributed by atoms with Crippen LogP contribution in [0, 0.1) is 20.8 Å². The Morgan fingerprint density at radius 1 is 1.09 bits per heavy atom. The van der Waals surface area contributed by atoms with Crippen LogP contribution in [-0.4, -0.2) is 52.6 Å². The van der Waals surface area contributed by atoms with Gasteiger partial charge in [-0.1, -0.05) is 12.1 Å². The van der Waals surface area contributed by atoms with E-state index in [1.807, 2.05) is 68.1 Å². The Balaban J connectivity index is 1.47. The molecule has 3 heterocycles. The van der Waals surface area contributed by atoms with E-state index in [9.17, 15) is 4.79 Å². The number of carbonyl (C=O) groups is 1. The highest BCUT2D eigenvalue weighted by molar-refractivity contribution is 5.79. The Labute approximate surface area is 194 Å². The maximum atomic E-state index is 13.0. The fourth-order valence-electron chi connectivity index (χ4n) is 3.97. The Kier molecular flexibility index (Phi) is 6.84. The van der Waals surface area contributed by atoms with Gasteiger partial charge in [0.25, 0.3) is 0 Å². The van der Waals surface area contributed by atoms with Crippen LogP contribution in [0.25, 0.3) is 0 Å². The second kappa shape index (κ2) is 9.95. The van der Waals surface area contributed by atoms with Crippen molar-refractivity contribution in [2.45, 2.75) is 33.3 Å². The minimum atomic E-state index is -0.298. The zero-order valence-electron chi connectivity index (χ0n) is 19.5. The molecule has 0 bridgehead atoms. The van der Waals surface area contributed by atoms with Crippen LogP contribution < -0.4 is 10.1 Å². The molecule has 1 N–H and O–H groups in total. The molecule has 8 heteroatoms. The van der Waals surface area contributed by atoms with Crippen molar-refractivity contribution in [3.8, 4) is 5.75 Å². The number of aromatic nitrogens is 3. The summed E-state index contributed by atoms with van der Waals surface area (Å²) in [4.78, 5) is 28.4. The SMILES string of the molecule is COc1cccc(CC(=O)N2CCO[C@H](c3cc(Nc4nc(C)cc(C)n4)cc(C)n3)C2)c1. The third kappa shape index (κ3) is 5.84. The number of nitrogens with zero attached hydrogens (tertiary/aromatic N) is 4. The first-order valence-electron chi connectivity index (χ1n) is 11.0. The van der Waals surface area contributed by atoms with Gasteiger partial charge in [-0.05, 0) is 56.7 Å². The lowest BCUT2D eigenvalue weighted by Gasteiger charge is -2.33. The summed E-state index contributed by atoms with van der Waals surface area (Å²) in [5, 5.41) is 3.27. The summed E-state index contributed by atoms with van der Waals surface area (Å²) in [7, 11) is 1.62. The fraction of sp³-hybridized carbons (Fsp3) is 0.360. The normalized spacial score (nSPS) is 15.9. The van der Waals surface area contributed by atoms with Crippen molar-refractivity contribution >= 4 is 17.5 Å². The zero-order valence-corrected chi connectivity index (χ0v) is 19.5. The number of benzene rings is 1. The molecule has 33 heavy (non-hydrogen) atoms. The van der Waals surface area contributed by atoms with Gasteiger partial charge in [0.1, 0.15) is 11.9 Å². The van der Waals surface area contributed by atoms with Crippen LogP contribution in [0.4, 0.5) is 11.6 Å². The van der Waals surface area contributed by atoms with Gasteiger partial charge >= 0.3 is 0 Å². The lowest BCUT2D eigenvalue weighted by molar-refractivity contribution is -0.138. The number of nitrogens with one attached hydrogen (secondary N) is 1. The Morgan fingerprint density at radius 3 is 2.61 bits per heavy atom. The fourth-order valence-corrected chi connectivity index (χ4v) is 3.97. The number of aryl methyl sites for hydroxylation is 3. The van der Waals surface area contributed by atoms with Crippen LogP contribution in [0.15, 0.2) is 42.5 Å². The van der Waals surface area contributed by atoms with E-state index in [1.54, 1.807) is 7.11 Å². The Morgan fingerprint density at radius 2 is 1.85 bits per heavy atom. The monoisotopic (exact) mass is 447 g/mol. The molecule has 0 spiro atoms. The van der Waals surface area contributed by atoms with Crippen LogP contribution in [0.3, 0.4) is 0 Å². The minimum Gasteiger partial charge on any atom is -0.497 e. The Bertz CT molecular complexity index is 1130. The van der Waals surface area contributed by atoms with Crippen molar-refractivity contribution in [3.63, 3.8) is 0 Å². The molecule has 1 aliphatic rings. The van der Waals surface area contributed by atoms with Gasteiger partial charge in [0.05, 0.1) is 32.4 Å². The van der Waals surface area contributed by atoms with Gasteiger partial charge in [0, 0.05) is 29.3 Å². The molecular formula is C25H29N5O3. The third-order valence-electron chi connectivity index (χ3n) is 5.45. The van der Waals surface area contributed by atoms with E-state index in [4.69, 9.17) is 9.47 Å². The van der Waals surface area contributed by atoms with Gasteiger partial charge in [-0.15, -0.1) is 0 Å². The van der Waals surface area contributed by atoms with Crippen molar-refractivity contribution in [3.05, 3.63) is 70.8 Å². The topological polar surface area (TPSA) is 89.5 Å². The number of ether oxygens (including phenoxy) is 2. The van der Waals surface area contributed by atoms with Crippen molar-refractivity contribution in [1.29, 1.82) is 0 Å². The van der Waals surface area contributed by atoms with Gasteiger partial charge in [0.15, 0.2) is 0 Å². The maximum absolute atomic E-state index is 13.0. The highest BCUT2D eigenvalue weighted by atomic mass is 16.5. The summed E-state index contributed by atoms with van der Waals surface area (Å²) in [6.07, 6.45) is 0.0239. The smallest absolute Gasteiger partial charge is 0.227 e. The number of anilines is 2. The number of amides is 1. The van der Waals surface area contributed by atoms with Gasteiger partial charge < -0.3 is 19.7 Å². The first-order chi connectivity index (χ1) is 15.9.